The fraction of sp³-hybridized carbons (Fsp3) is 0.611. The summed E-state index contributed by atoms with van der Waals surface area (Å²) < 4.78 is 32.6. The highest BCUT2D eigenvalue weighted by Crippen LogP contribution is 2.24. The van der Waals surface area contributed by atoms with Crippen LogP contribution in [-0.2, 0) is 14.8 Å². The van der Waals surface area contributed by atoms with E-state index in [0.29, 0.717) is 43.3 Å². The van der Waals surface area contributed by atoms with Gasteiger partial charge in [-0.3, -0.25) is 4.79 Å². The van der Waals surface area contributed by atoms with Crippen molar-refractivity contribution in [1.82, 2.24) is 9.21 Å². The molecular weight excluding hydrogens is 340 g/mol. The second kappa shape index (κ2) is 7.43. The number of sulfonamides is 1. The smallest absolute Gasteiger partial charge is 0.253 e. The zero-order valence-electron chi connectivity index (χ0n) is 14.9. The van der Waals surface area contributed by atoms with Crippen LogP contribution in [0.4, 0.5) is 0 Å². The number of carbonyl (C=O) groups excluding carboxylic acids is 1. The average molecular weight is 366 g/mol. The second-order valence-corrected chi connectivity index (χ2v) is 8.90. The van der Waals surface area contributed by atoms with Crippen LogP contribution in [0.5, 0.6) is 0 Å². The number of rotatable bonds is 3. The van der Waals surface area contributed by atoms with Crippen LogP contribution in [0, 0.1) is 12.8 Å². The third kappa shape index (κ3) is 3.88. The van der Waals surface area contributed by atoms with Crippen molar-refractivity contribution in [1.29, 1.82) is 0 Å². The summed E-state index contributed by atoms with van der Waals surface area (Å²) in [5.41, 5.74) is 1.11. The van der Waals surface area contributed by atoms with Crippen LogP contribution in [0.25, 0.3) is 0 Å². The maximum Gasteiger partial charge on any atom is 0.253 e. The molecule has 25 heavy (non-hydrogen) atoms. The topological polar surface area (TPSA) is 66.9 Å². The molecule has 0 aliphatic carbocycles. The molecule has 0 aromatic heterocycles. The summed E-state index contributed by atoms with van der Waals surface area (Å²) in [4.78, 5) is 14.9. The Hall–Kier alpha value is -1.44. The molecule has 1 aromatic carbocycles. The fourth-order valence-electron chi connectivity index (χ4n) is 3.49. The van der Waals surface area contributed by atoms with Crippen LogP contribution in [0.1, 0.15) is 35.7 Å². The first-order valence-corrected chi connectivity index (χ1v) is 10.3. The number of morpholine rings is 1. The minimum absolute atomic E-state index is 0.0787. The Morgan fingerprint density at radius 1 is 1.20 bits per heavy atom. The van der Waals surface area contributed by atoms with Crippen LogP contribution in [0.15, 0.2) is 23.1 Å². The van der Waals surface area contributed by atoms with E-state index in [1.165, 1.54) is 4.31 Å². The zero-order chi connectivity index (χ0) is 18.0. The molecule has 2 aliphatic heterocycles. The van der Waals surface area contributed by atoms with Crippen LogP contribution in [0.3, 0.4) is 0 Å². The molecule has 7 heteroatoms. The molecule has 138 valence electrons. The third-order valence-electron chi connectivity index (χ3n) is 4.97. The first-order valence-electron chi connectivity index (χ1n) is 8.87. The van der Waals surface area contributed by atoms with E-state index in [9.17, 15) is 13.2 Å². The number of hydrogen-bond acceptors (Lipinski definition) is 4. The van der Waals surface area contributed by atoms with Crippen molar-refractivity contribution in [3.05, 3.63) is 29.3 Å². The van der Waals surface area contributed by atoms with E-state index in [4.69, 9.17) is 4.74 Å². The van der Waals surface area contributed by atoms with Gasteiger partial charge in [-0.05, 0) is 43.4 Å². The minimum Gasteiger partial charge on any atom is -0.379 e. The molecule has 0 radical (unpaired) electrons. The van der Waals surface area contributed by atoms with Gasteiger partial charge in [0, 0.05) is 31.7 Å². The molecule has 2 heterocycles. The Bertz CT molecular complexity index is 741. The minimum atomic E-state index is -3.61. The van der Waals surface area contributed by atoms with Crippen molar-refractivity contribution in [2.24, 2.45) is 5.92 Å². The van der Waals surface area contributed by atoms with E-state index in [1.807, 2.05) is 4.90 Å². The summed E-state index contributed by atoms with van der Waals surface area (Å²) in [5, 5.41) is 0. The first kappa shape index (κ1) is 18.4. The van der Waals surface area contributed by atoms with Gasteiger partial charge in [-0.15, -0.1) is 0 Å². The molecular formula is C18H26N2O4S. The van der Waals surface area contributed by atoms with Gasteiger partial charge in [0.1, 0.15) is 0 Å². The molecule has 6 nitrogen and oxygen atoms in total. The van der Waals surface area contributed by atoms with E-state index >= 15 is 0 Å². The summed E-state index contributed by atoms with van der Waals surface area (Å²) in [5.74, 6) is 0.407. The summed E-state index contributed by atoms with van der Waals surface area (Å²) in [6.45, 7) is 6.90. The lowest BCUT2D eigenvalue weighted by atomic mass is 9.99. The van der Waals surface area contributed by atoms with Crippen molar-refractivity contribution in [2.75, 3.05) is 39.4 Å². The van der Waals surface area contributed by atoms with Gasteiger partial charge in [0.25, 0.3) is 5.91 Å². The van der Waals surface area contributed by atoms with E-state index in [2.05, 4.69) is 6.92 Å². The van der Waals surface area contributed by atoms with Gasteiger partial charge in [0.05, 0.1) is 18.1 Å². The molecule has 2 saturated heterocycles. The van der Waals surface area contributed by atoms with Gasteiger partial charge >= 0.3 is 0 Å². The molecule has 3 rings (SSSR count). The van der Waals surface area contributed by atoms with Gasteiger partial charge in [-0.25, -0.2) is 8.42 Å². The van der Waals surface area contributed by atoms with Crippen LogP contribution in [-0.4, -0.2) is 62.9 Å². The van der Waals surface area contributed by atoms with Crippen molar-refractivity contribution >= 4 is 15.9 Å². The lowest BCUT2D eigenvalue weighted by Gasteiger charge is -2.31. The number of carbonyl (C=O) groups is 1. The first-order chi connectivity index (χ1) is 11.9. The number of aryl methyl sites for hydroxylation is 1. The summed E-state index contributed by atoms with van der Waals surface area (Å²) in [6, 6.07) is 5.00. The molecule has 1 amide bonds. The van der Waals surface area contributed by atoms with Crippen molar-refractivity contribution in [3.63, 3.8) is 0 Å². The number of benzene rings is 1. The number of hydrogen-bond donors (Lipinski definition) is 0. The standard InChI is InChI=1S/C18H26N2O4S/c1-14-4-3-7-19(13-14)18(21)16-6-5-15(2)17(12-16)25(22,23)20-8-10-24-11-9-20/h5-6,12,14H,3-4,7-11,13H2,1-2H3/t14-/m1/s1. The third-order valence-corrected chi connectivity index (χ3v) is 7.01. The maximum absolute atomic E-state index is 13.0. The normalized spacial score (nSPS) is 22.8. The van der Waals surface area contributed by atoms with Gasteiger partial charge in [0.15, 0.2) is 0 Å². The van der Waals surface area contributed by atoms with Crippen LogP contribution >= 0.6 is 0 Å². The number of piperidine rings is 1. The SMILES string of the molecule is Cc1ccc(C(=O)N2CCC[C@@H](C)C2)cc1S(=O)(=O)N1CCOCC1. The van der Waals surface area contributed by atoms with Gasteiger partial charge in [-0.1, -0.05) is 13.0 Å². The number of nitrogens with zero attached hydrogens (tertiary/aromatic N) is 2. The summed E-state index contributed by atoms with van der Waals surface area (Å²) in [6.07, 6.45) is 2.13. The lowest BCUT2D eigenvalue weighted by molar-refractivity contribution is 0.0682. The molecule has 2 aliphatic rings. The molecule has 0 N–H and O–H groups in total. The molecule has 0 saturated carbocycles. The highest BCUT2D eigenvalue weighted by atomic mass is 32.2. The summed E-state index contributed by atoms with van der Waals surface area (Å²) in [7, 11) is -3.61. The molecule has 1 atom stereocenters. The van der Waals surface area contributed by atoms with Gasteiger partial charge < -0.3 is 9.64 Å². The number of ether oxygens (including phenoxy) is 1. The Morgan fingerprint density at radius 2 is 1.92 bits per heavy atom. The highest BCUT2D eigenvalue weighted by molar-refractivity contribution is 7.89. The Kier molecular flexibility index (Phi) is 5.46. The van der Waals surface area contributed by atoms with Crippen LogP contribution in [0.2, 0.25) is 0 Å². The van der Waals surface area contributed by atoms with Gasteiger partial charge in [-0.2, -0.15) is 4.31 Å². The van der Waals surface area contributed by atoms with E-state index < -0.39 is 10.0 Å². The predicted octanol–water partition coefficient (Wildman–Crippen LogP) is 1.89. The van der Waals surface area contributed by atoms with E-state index in [0.717, 1.165) is 25.9 Å². The number of likely N-dealkylation sites (tertiary alicyclic amines) is 1. The predicted molar refractivity (Wildman–Crippen MR) is 95.1 cm³/mol. The van der Waals surface area contributed by atoms with Crippen molar-refractivity contribution in [3.8, 4) is 0 Å². The maximum atomic E-state index is 13.0. The van der Waals surface area contributed by atoms with E-state index in [-0.39, 0.29) is 10.8 Å². The monoisotopic (exact) mass is 366 g/mol. The Morgan fingerprint density at radius 3 is 2.60 bits per heavy atom. The second-order valence-electron chi connectivity index (χ2n) is 7.00. The Labute approximate surface area is 149 Å². The quantitative estimate of drug-likeness (QED) is 0.819. The van der Waals surface area contributed by atoms with Gasteiger partial charge in [0.2, 0.25) is 10.0 Å². The largest absolute Gasteiger partial charge is 0.379 e. The highest BCUT2D eigenvalue weighted by Gasteiger charge is 2.29. The molecule has 2 fully saturated rings. The number of amides is 1. The summed E-state index contributed by atoms with van der Waals surface area (Å²) >= 11 is 0. The van der Waals surface area contributed by atoms with Crippen molar-refractivity contribution in [2.45, 2.75) is 31.6 Å². The molecule has 0 bridgehead atoms. The molecule has 0 unspecified atom stereocenters. The Balaban J connectivity index is 1.88. The lowest BCUT2D eigenvalue weighted by Crippen LogP contribution is -2.41. The average Bonchev–Trinajstić information content (AvgIpc) is 2.62. The zero-order valence-corrected chi connectivity index (χ0v) is 15.7. The molecule has 0 spiro atoms. The van der Waals surface area contributed by atoms with Crippen molar-refractivity contribution < 1.29 is 17.9 Å². The van der Waals surface area contributed by atoms with E-state index in [1.54, 1.807) is 25.1 Å². The molecule has 1 aromatic rings. The fourth-order valence-corrected chi connectivity index (χ4v) is 5.15. The van der Waals surface area contributed by atoms with Crippen LogP contribution < -0.4 is 0 Å².